The van der Waals surface area contributed by atoms with Crippen molar-refractivity contribution in [2.24, 2.45) is 0 Å². The van der Waals surface area contributed by atoms with Gasteiger partial charge in [0.1, 0.15) is 6.10 Å². The minimum absolute atomic E-state index is 0.108. The van der Waals surface area contributed by atoms with Crippen LogP contribution in [0.4, 0.5) is 5.13 Å². The molecule has 2 heterocycles. The van der Waals surface area contributed by atoms with Gasteiger partial charge >= 0.3 is 0 Å². The Bertz CT molecular complexity index is 738. The molecule has 112 valence electrons. The Morgan fingerprint density at radius 2 is 1.82 bits per heavy atom. The van der Waals surface area contributed by atoms with E-state index in [2.05, 4.69) is 54.3 Å². The lowest BCUT2D eigenvalue weighted by atomic mass is 10.1. The summed E-state index contributed by atoms with van der Waals surface area (Å²) < 4.78 is 7.38. The molecule has 0 saturated carbocycles. The summed E-state index contributed by atoms with van der Waals surface area (Å²) in [6.45, 7) is 3.88. The Balaban J connectivity index is 1.63. The molecule has 22 heavy (non-hydrogen) atoms. The predicted molar refractivity (Wildman–Crippen MR) is 91.6 cm³/mol. The number of rotatable bonds is 2. The number of anilines is 1. The summed E-state index contributed by atoms with van der Waals surface area (Å²) in [5, 5.41) is 1.09. The molecule has 2 unspecified atom stereocenters. The summed E-state index contributed by atoms with van der Waals surface area (Å²) in [5.41, 5.74) is 2.32. The normalized spacial score (nSPS) is 22.1. The van der Waals surface area contributed by atoms with Gasteiger partial charge in [-0.15, -0.1) is 0 Å². The molecule has 2 atom stereocenters. The first-order valence-corrected chi connectivity index (χ1v) is 8.42. The molecule has 1 aromatic heterocycles. The van der Waals surface area contributed by atoms with Crippen LogP contribution in [0, 0.1) is 0 Å². The van der Waals surface area contributed by atoms with E-state index in [1.165, 1.54) is 10.3 Å². The minimum atomic E-state index is 0.108. The zero-order valence-corrected chi connectivity index (χ0v) is 13.3. The van der Waals surface area contributed by atoms with Crippen molar-refractivity contribution in [3.05, 3.63) is 60.2 Å². The van der Waals surface area contributed by atoms with E-state index in [1.54, 1.807) is 11.3 Å². The first-order valence-electron chi connectivity index (χ1n) is 7.60. The van der Waals surface area contributed by atoms with E-state index in [0.29, 0.717) is 0 Å². The third-order valence-electron chi connectivity index (χ3n) is 3.98. The molecule has 0 bridgehead atoms. The van der Waals surface area contributed by atoms with Gasteiger partial charge in [-0.05, 0) is 24.6 Å². The SMILES string of the molecule is CC1CN(c2nc3ccccc3s2)CC(c2ccccc2)O1. The van der Waals surface area contributed by atoms with Crippen molar-refractivity contribution in [1.82, 2.24) is 4.98 Å². The summed E-state index contributed by atoms with van der Waals surface area (Å²) in [6.07, 6.45) is 0.308. The second-order valence-electron chi connectivity index (χ2n) is 5.72. The largest absolute Gasteiger partial charge is 0.367 e. The Labute approximate surface area is 134 Å². The molecule has 3 nitrogen and oxygen atoms in total. The Hall–Kier alpha value is -1.91. The fourth-order valence-corrected chi connectivity index (χ4v) is 3.94. The smallest absolute Gasteiger partial charge is 0.186 e. The van der Waals surface area contributed by atoms with Gasteiger partial charge in [0, 0.05) is 6.54 Å². The maximum atomic E-state index is 6.13. The Morgan fingerprint density at radius 1 is 1.05 bits per heavy atom. The van der Waals surface area contributed by atoms with Gasteiger partial charge in [-0.3, -0.25) is 0 Å². The average Bonchev–Trinajstić information content (AvgIpc) is 2.99. The van der Waals surface area contributed by atoms with Gasteiger partial charge in [-0.1, -0.05) is 53.8 Å². The predicted octanol–water partition coefficient (Wildman–Crippen LogP) is 4.26. The minimum Gasteiger partial charge on any atom is -0.367 e. The monoisotopic (exact) mass is 310 g/mol. The third kappa shape index (κ3) is 2.60. The molecule has 0 spiro atoms. The van der Waals surface area contributed by atoms with Crippen molar-refractivity contribution < 1.29 is 4.74 Å². The van der Waals surface area contributed by atoms with E-state index in [9.17, 15) is 0 Å². The fourth-order valence-electron chi connectivity index (χ4n) is 2.95. The maximum absolute atomic E-state index is 6.13. The van der Waals surface area contributed by atoms with Crippen LogP contribution < -0.4 is 4.90 Å². The quantitative estimate of drug-likeness (QED) is 0.707. The Morgan fingerprint density at radius 3 is 2.64 bits per heavy atom. The van der Waals surface area contributed by atoms with Crippen LogP contribution >= 0.6 is 11.3 Å². The van der Waals surface area contributed by atoms with E-state index in [1.807, 2.05) is 12.1 Å². The Kier molecular flexibility index (Phi) is 3.56. The lowest BCUT2D eigenvalue weighted by Crippen LogP contribution is -2.42. The molecular formula is C18H18N2OS. The molecule has 1 saturated heterocycles. The highest BCUT2D eigenvalue weighted by Gasteiger charge is 2.28. The van der Waals surface area contributed by atoms with Gasteiger partial charge in [0.05, 0.1) is 22.9 Å². The van der Waals surface area contributed by atoms with Crippen LogP contribution in [-0.2, 0) is 4.74 Å². The van der Waals surface area contributed by atoms with Gasteiger partial charge in [0.15, 0.2) is 5.13 Å². The molecule has 0 amide bonds. The highest BCUT2D eigenvalue weighted by molar-refractivity contribution is 7.22. The summed E-state index contributed by atoms with van der Waals surface area (Å²) >= 11 is 1.76. The van der Waals surface area contributed by atoms with E-state index in [-0.39, 0.29) is 12.2 Å². The lowest BCUT2D eigenvalue weighted by molar-refractivity contribution is -0.0173. The lowest BCUT2D eigenvalue weighted by Gasteiger charge is -2.36. The maximum Gasteiger partial charge on any atom is 0.186 e. The number of hydrogen-bond acceptors (Lipinski definition) is 4. The van der Waals surface area contributed by atoms with Crippen LogP contribution in [0.5, 0.6) is 0 Å². The molecule has 4 rings (SSSR count). The van der Waals surface area contributed by atoms with E-state index >= 15 is 0 Å². The summed E-state index contributed by atoms with van der Waals surface area (Å²) in [4.78, 5) is 7.15. The number of fused-ring (bicyclic) bond motifs is 1. The van der Waals surface area contributed by atoms with Crippen LogP contribution in [0.15, 0.2) is 54.6 Å². The van der Waals surface area contributed by atoms with E-state index in [4.69, 9.17) is 9.72 Å². The summed E-state index contributed by atoms with van der Waals surface area (Å²) in [7, 11) is 0. The second kappa shape index (κ2) is 5.71. The number of thiazole rings is 1. The molecular weight excluding hydrogens is 292 g/mol. The molecule has 1 aliphatic rings. The topological polar surface area (TPSA) is 25.4 Å². The average molecular weight is 310 g/mol. The van der Waals surface area contributed by atoms with Crippen LogP contribution in [0.2, 0.25) is 0 Å². The molecule has 1 aliphatic heterocycles. The highest BCUT2D eigenvalue weighted by atomic mass is 32.1. The van der Waals surface area contributed by atoms with Crippen LogP contribution in [-0.4, -0.2) is 24.2 Å². The molecule has 0 radical (unpaired) electrons. The van der Waals surface area contributed by atoms with Gasteiger partial charge in [0.2, 0.25) is 0 Å². The zero-order chi connectivity index (χ0) is 14.9. The molecule has 0 N–H and O–H groups in total. The van der Waals surface area contributed by atoms with Crippen molar-refractivity contribution in [2.75, 3.05) is 18.0 Å². The van der Waals surface area contributed by atoms with Crippen molar-refractivity contribution in [1.29, 1.82) is 0 Å². The van der Waals surface area contributed by atoms with Crippen molar-refractivity contribution in [2.45, 2.75) is 19.1 Å². The van der Waals surface area contributed by atoms with Crippen LogP contribution in [0.25, 0.3) is 10.2 Å². The van der Waals surface area contributed by atoms with Gasteiger partial charge in [-0.2, -0.15) is 0 Å². The first-order chi connectivity index (χ1) is 10.8. The number of morpholine rings is 1. The highest BCUT2D eigenvalue weighted by Crippen LogP contribution is 2.33. The number of aromatic nitrogens is 1. The van der Waals surface area contributed by atoms with Crippen molar-refractivity contribution >= 4 is 26.7 Å². The van der Waals surface area contributed by atoms with E-state index in [0.717, 1.165) is 23.7 Å². The van der Waals surface area contributed by atoms with Crippen molar-refractivity contribution in [3.63, 3.8) is 0 Å². The number of para-hydroxylation sites is 1. The third-order valence-corrected chi connectivity index (χ3v) is 5.08. The van der Waals surface area contributed by atoms with Gasteiger partial charge in [0.25, 0.3) is 0 Å². The zero-order valence-electron chi connectivity index (χ0n) is 12.5. The molecule has 4 heteroatoms. The van der Waals surface area contributed by atoms with Crippen molar-refractivity contribution in [3.8, 4) is 0 Å². The second-order valence-corrected chi connectivity index (χ2v) is 6.72. The molecule has 0 aliphatic carbocycles. The van der Waals surface area contributed by atoms with E-state index < -0.39 is 0 Å². The fraction of sp³-hybridized carbons (Fsp3) is 0.278. The molecule has 2 aromatic carbocycles. The molecule has 3 aromatic rings. The summed E-state index contributed by atoms with van der Waals surface area (Å²) in [6, 6.07) is 18.8. The van der Waals surface area contributed by atoms with Crippen LogP contribution in [0.3, 0.4) is 0 Å². The first kappa shape index (κ1) is 13.7. The number of nitrogens with zero attached hydrogens (tertiary/aromatic N) is 2. The number of benzene rings is 2. The summed E-state index contributed by atoms with van der Waals surface area (Å²) in [5.74, 6) is 0. The number of ether oxygens (including phenoxy) is 1. The number of hydrogen-bond donors (Lipinski definition) is 0. The standard InChI is InChI=1S/C18H18N2OS/c1-13-11-20(12-16(21-13)14-7-3-2-4-8-14)18-19-15-9-5-6-10-17(15)22-18/h2-10,13,16H,11-12H2,1H3. The van der Waals surface area contributed by atoms with Gasteiger partial charge in [-0.25, -0.2) is 4.98 Å². The molecule has 1 fully saturated rings. The van der Waals surface area contributed by atoms with Gasteiger partial charge < -0.3 is 9.64 Å². The van der Waals surface area contributed by atoms with Crippen LogP contribution in [0.1, 0.15) is 18.6 Å².